The van der Waals surface area contributed by atoms with E-state index in [0.717, 1.165) is 25.8 Å². The van der Waals surface area contributed by atoms with Gasteiger partial charge in [0.05, 0.1) is 11.0 Å². The number of nitrogens with one attached hydrogen (secondary N) is 2. The number of carbonyl (C=O) groups excluding carboxylic acids is 1. The van der Waals surface area contributed by atoms with Crippen molar-refractivity contribution in [2.75, 3.05) is 18.4 Å². The molecule has 1 amide bonds. The van der Waals surface area contributed by atoms with Crippen molar-refractivity contribution < 1.29 is 14.7 Å². The van der Waals surface area contributed by atoms with Crippen molar-refractivity contribution in [3.8, 4) is 0 Å². The highest BCUT2D eigenvalue weighted by Crippen LogP contribution is 2.32. The number of carboxylic acids is 1. The Bertz CT molecular complexity index is 554. The van der Waals surface area contributed by atoms with Gasteiger partial charge < -0.3 is 15.7 Å². The molecule has 0 aromatic heterocycles. The van der Waals surface area contributed by atoms with E-state index in [0.29, 0.717) is 16.7 Å². The van der Waals surface area contributed by atoms with E-state index < -0.39 is 11.4 Å². The summed E-state index contributed by atoms with van der Waals surface area (Å²) < 4.78 is 0.630. The van der Waals surface area contributed by atoms with Crippen LogP contribution in [0.3, 0.4) is 0 Å². The molecule has 2 rings (SSSR count). The zero-order valence-electron chi connectivity index (χ0n) is 11.9. The van der Waals surface area contributed by atoms with Crippen LogP contribution in [-0.2, 0) is 4.79 Å². The number of benzene rings is 1. The summed E-state index contributed by atoms with van der Waals surface area (Å²) >= 11 is 3.27. The van der Waals surface area contributed by atoms with Gasteiger partial charge in [-0.3, -0.25) is 4.79 Å². The third-order valence-corrected chi connectivity index (χ3v) is 4.49. The Kier molecular flexibility index (Phi) is 5.00. The second-order valence-electron chi connectivity index (χ2n) is 5.40. The van der Waals surface area contributed by atoms with E-state index in [1.54, 1.807) is 6.07 Å². The van der Waals surface area contributed by atoms with Crippen LogP contribution < -0.4 is 10.6 Å². The van der Waals surface area contributed by atoms with Gasteiger partial charge in [0.15, 0.2) is 0 Å². The zero-order valence-corrected chi connectivity index (χ0v) is 13.5. The van der Waals surface area contributed by atoms with E-state index in [1.807, 2.05) is 6.92 Å². The first-order chi connectivity index (χ1) is 9.97. The average molecular weight is 355 g/mol. The number of hydrogen-bond acceptors (Lipinski definition) is 3. The quantitative estimate of drug-likeness (QED) is 0.776. The summed E-state index contributed by atoms with van der Waals surface area (Å²) in [5.41, 5.74) is 0.237. The van der Waals surface area contributed by atoms with Gasteiger partial charge in [0.1, 0.15) is 0 Å². The Balaban J connectivity index is 2.20. The summed E-state index contributed by atoms with van der Waals surface area (Å²) in [4.78, 5) is 23.7. The Morgan fingerprint density at radius 3 is 2.76 bits per heavy atom. The van der Waals surface area contributed by atoms with Crippen LogP contribution in [-0.4, -0.2) is 30.1 Å². The minimum atomic E-state index is -1.02. The van der Waals surface area contributed by atoms with Crippen LogP contribution in [0.5, 0.6) is 0 Å². The van der Waals surface area contributed by atoms with Crippen molar-refractivity contribution >= 4 is 33.5 Å². The molecule has 114 valence electrons. The molecule has 5 nitrogen and oxygen atoms in total. The second-order valence-corrected chi connectivity index (χ2v) is 6.32. The smallest absolute Gasteiger partial charge is 0.335 e. The molecule has 1 aromatic rings. The molecule has 6 heteroatoms. The summed E-state index contributed by atoms with van der Waals surface area (Å²) in [6, 6.07) is 4.70. The highest BCUT2D eigenvalue weighted by Gasteiger charge is 2.37. The molecular formula is C15H19BrN2O3. The predicted octanol–water partition coefficient (Wildman–Crippen LogP) is 2.87. The minimum absolute atomic E-state index is 0.0494. The van der Waals surface area contributed by atoms with Crippen molar-refractivity contribution in [2.45, 2.75) is 26.2 Å². The molecule has 1 heterocycles. The Morgan fingerprint density at radius 1 is 1.43 bits per heavy atom. The fourth-order valence-corrected chi connectivity index (χ4v) is 3.17. The molecular weight excluding hydrogens is 336 g/mol. The predicted molar refractivity (Wildman–Crippen MR) is 84.6 cm³/mol. The number of rotatable bonds is 4. The highest BCUT2D eigenvalue weighted by atomic mass is 79.9. The number of halogens is 1. The van der Waals surface area contributed by atoms with Crippen molar-refractivity contribution in [3.05, 3.63) is 28.2 Å². The first kappa shape index (κ1) is 16.0. The Hall–Kier alpha value is -1.40. The van der Waals surface area contributed by atoms with Gasteiger partial charge in [0.2, 0.25) is 5.91 Å². The van der Waals surface area contributed by atoms with E-state index in [1.165, 1.54) is 12.1 Å². The third kappa shape index (κ3) is 3.63. The number of anilines is 1. The Morgan fingerprint density at radius 2 is 2.19 bits per heavy atom. The number of carboxylic acid groups (broad SMARTS) is 1. The van der Waals surface area contributed by atoms with Crippen LogP contribution in [0.25, 0.3) is 0 Å². The van der Waals surface area contributed by atoms with Gasteiger partial charge in [-0.2, -0.15) is 0 Å². The van der Waals surface area contributed by atoms with E-state index >= 15 is 0 Å². The molecule has 0 aliphatic carbocycles. The van der Waals surface area contributed by atoms with Gasteiger partial charge >= 0.3 is 5.97 Å². The van der Waals surface area contributed by atoms with Gasteiger partial charge in [-0.15, -0.1) is 0 Å². The van der Waals surface area contributed by atoms with E-state index in [9.17, 15) is 9.59 Å². The number of carbonyl (C=O) groups is 2. The van der Waals surface area contributed by atoms with E-state index in [-0.39, 0.29) is 11.5 Å². The van der Waals surface area contributed by atoms with Crippen molar-refractivity contribution in [1.82, 2.24) is 5.32 Å². The van der Waals surface area contributed by atoms with Crippen LogP contribution in [0.2, 0.25) is 0 Å². The molecule has 1 saturated heterocycles. The second kappa shape index (κ2) is 6.58. The molecule has 0 bridgehead atoms. The molecule has 21 heavy (non-hydrogen) atoms. The topological polar surface area (TPSA) is 78.4 Å². The number of hydrogen-bond donors (Lipinski definition) is 3. The summed E-state index contributed by atoms with van der Waals surface area (Å²) in [6.07, 6.45) is 2.58. The summed E-state index contributed by atoms with van der Waals surface area (Å²) in [6.45, 7) is 3.61. The fraction of sp³-hybridized carbons (Fsp3) is 0.467. The van der Waals surface area contributed by atoms with Crippen LogP contribution in [0.1, 0.15) is 36.5 Å². The maximum absolute atomic E-state index is 12.6. The fourth-order valence-electron chi connectivity index (χ4n) is 2.67. The van der Waals surface area contributed by atoms with Crippen molar-refractivity contribution in [3.63, 3.8) is 0 Å². The third-order valence-electron chi connectivity index (χ3n) is 4.03. The molecule has 1 atom stereocenters. The Labute approximate surface area is 132 Å². The van der Waals surface area contributed by atoms with Crippen LogP contribution in [0, 0.1) is 5.41 Å². The highest BCUT2D eigenvalue weighted by molar-refractivity contribution is 9.10. The molecule has 1 aliphatic heterocycles. The molecule has 1 aliphatic rings. The van der Waals surface area contributed by atoms with Gasteiger partial charge in [-0.05, 0) is 44.0 Å². The molecule has 1 fully saturated rings. The van der Waals surface area contributed by atoms with Gasteiger partial charge in [-0.1, -0.05) is 22.9 Å². The summed E-state index contributed by atoms with van der Waals surface area (Å²) in [5.74, 6) is -1.07. The average Bonchev–Trinajstić information content (AvgIpc) is 2.47. The lowest BCUT2D eigenvalue weighted by molar-refractivity contribution is -0.126. The van der Waals surface area contributed by atoms with E-state index in [4.69, 9.17) is 5.11 Å². The molecule has 0 radical (unpaired) electrons. The van der Waals surface area contributed by atoms with Crippen molar-refractivity contribution in [1.29, 1.82) is 0 Å². The molecule has 0 saturated carbocycles. The maximum atomic E-state index is 12.6. The lowest BCUT2D eigenvalue weighted by atomic mass is 9.77. The normalized spacial score (nSPS) is 21.8. The lowest BCUT2D eigenvalue weighted by Crippen LogP contribution is -2.47. The lowest BCUT2D eigenvalue weighted by Gasteiger charge is -2.35. The van der Waals surface area contributed by atoms with Crippen LogP contribution >= 0.6 is 15.9 Å². The largest absolute Gasteiger partial charge is 0.478 e. The number of aromatic carboxylic acids is 1. The summed E-state index contributed by atoms with van der Waals surface area (Å²) in [7, 11) is 0. The SMILES string of the molecule is CCC1(C(=O)Nc2cc(Br)cc(C(=O)O)c2)CCCNC1. The monoisotopic (exact) mass is 354 g/mol. The van der Waals surface area contributed by atoms with Gasteiger partial charge in [-0.25, -0.2) is 4.79 Å². The first-order valence-corrected chi connectivity index (χ1v) is 7.82. The molecule has 3 N–H and O–H groups in total. The standard InChI is InChI=1S/C15H19BrN2O3/c1-2-15(4-3-5-17-9-15)14(21)18-12-7-10(13(19)20)6-11(16)8-12/h6-8,17H,2-5,9H2,1H3,(H,18,21)(H,19,20). The van der Waals surface area contributed by atoms with Crippen LogP contribution in [0.4, 0.5) is 5.69 Å². The van der Waals surface area contributed by atoms with E-state index in [2.05, 4.69) is 26.6 Å². The van der Waals surface area contributed by atoms with Crippen LogP contribution in [0.15, 0.2) is 22.7 Å². The summed E-state index contributed by atoms with van der Waals surface area (Å²) in [5, 5.41) is 15.2. The van der Waals surface area contributed by atoms with Crippen molar-refractivity contribution in [2.24, 2.45) is 5.41 Å². The molecule has 0 spiro atoms. The number of piperidine rings is 1. The molecule has 1 aromatic carbocycles. The van der Waals surface area contributed by atoms with Gasteiger partial charge in [0, 0.05) is 16.7 Å². The minimum Gasteiger partial charge on any atom is -0.478 e. The number of amides is 1. The zero-order chi connectivity index (χ0) is 15.5. The maximum Gasteiger partial charge on any atom is 0.335 e. The van der Waals surface area contributed by atoms with Gasteiger partial charge in [0.25, 0.3) is 0 Å². The first-order valence-electron chi connectivity index (χ1n) is 7.03. The molecule has 1 unspecified atom stereocenters.